The molecule has 0 rings (SSSR count). The molecule has 0 aliphatic carbocycles. The number of rotatable bonds is 6. The molecular formula is C10H27NSi2. The lowest BCUT2D eigenvalue weighted by Crippen LogP contribution is -2.52. The van der Waals surface area contributed by atoms with Gasteiger partial charge in [0.15, 0.2) is 0 Å². The van der Waals surface area contributed by atoms with E-state index in [1.54, 1.807) is 0 Å². The summed E-state index contributed by atoms with van der Waals surface area (Å²) in [6, 6.07) is 2.95. The average molecular weight is 218 g/mol. The highest BCUT2D eigenvalue weighted by molar-refractivity contribution is 6.83. The second-order valence-corrected chi connectivity index (χ2v) is 13.2. The first-order valence-electron chi connectivity index (χ1n) is 5.68. The van der Waals surface area contributed by atoms with Gasteiger partial charge in [-0.3, -0.25) is 0 Å². The monoisotopic (exact) mass is 217 g/mol. The zero-order valence-corrected chi connectivity index (χ0v) is 12.5. The van der Waals surface area contributed by atoms with E-state index in [1.807, 2.05) is 0 Å². The standard InChI is InChI=1S/C10H27NSi2/c1-7-9-12(4)11(3)13(5,6)10-8-2/h12H,7-10H2,1-6H3. The lowest BCUT2D eigenvalue weighted by atomic mass is 10.6. The van der Waals surface area contributed by atoms with Crippen molar-refractivity contribution in [3.05, 3.63) is 0 Å². The first kappa shape index (κ1) is 13.4. The van der Waals surface area contributed by atoms with Gasteiger partial charge >= 0.3 is 0 Å². The third kappa shape index (κ3) is 4.43. The summed E-state index contributed by atoms with van der Waals surface area (Å²) in [7, 11) is 0.814. The predicted molar refractivity (Wildman–Crippen MR) is 68.5 cm³/mol. The van der Waals surface area contributed by atoms with Crippen LogP contribution < -0.4 is 0 Å². The fourth-order valence-corrected chi connectivity index (χ4v) is 10.3. The Morgan fingerprint density at radius 3 is 2.08 bits per heavy atom. The average Bonchev–Trinajstić information content (AvgIpc) is 2.03. The minimum atomic E-state index is -1.01. The summed E-state index contributed by atoms with van der Waals surface area (Å²) in [6.07, 6.45) is 2.73. The Morgan fingerprint density at radius 2 is 1.69 bits per heavy atom. The summed E-state index contributed by atoms with van der Waals surface area (Å²) in [6.45, 7) is 12.2. The minimum Gasteiger partial charge on any atom is -0.351 e. The molecular weight excluding hydrogens is 190 g/mol. The van der Waals surface area contributed by atoms with Gasteiger partial charge in [-0.2, -0.15) is 0 Å². The van der Waals surface area contributed by atoms with Crippen LogP contribution in [0.2, 0.25) is 31.7 Å². The molecule has 0 saturated carbocycles. The van der Waals surface area contributed by atoms with Crippen molar-refractivity contribution in [2.45, 2.75) is 58.4 Å². The maximum Gasteiger partial charge on any atom is 0.115 e. The zero-order valence-electron chi connectivity index (χ0n) is 10.4. The SMILES string of the molecule is CCC[SiH](C)N(C)[Si](C)(C)CCC. The minimum absolute atomic E-state index is 0.558. The molecule has 0 bridgehead atoms. The number of hydrogen-bond acceptors (Lipinski definition) is 1. The van der Waals surface area contributed by atoms with Crippen LogP contribution in [0.15, 0.2) is 0 Å². The van der Waals surface area contributed by atoms with Gasteiger partial charge in [0, 0.05) is 0 Å². The van der Waals surface area contributed by atoms with Crippen molar-refractivity contribution in [2.75, 3.05) is 7.05 Å². The summed E-state index contributed by atoms with van der Waals surface area (Å²) < 4.78 is 2.81. The highest BCUT2D eigenvalue weighted by Gasteiger charge is 2.28. The highest BCUT2D eigenvalue weighted by atomic mass is 28.4. The van der Waals surface area contributed by atoms with Crippen molar-refractivity contribution in [1.82, 2.24) is 4.23 Å². The molecule has 0 aliphatic rings. The molecule has 0 aliphatic heterocycles. The third-order valence-corrected chi connectivity index (χ3v) is 13.0. The van der Waals surface area contributed by atoms with Gasteiger partial charge in [-0.25, -0.2) is 0 Å². The molecule has 0 N–H and O–H groups in total. The van der Waals surface area contributed by atoms with Crippen LogP contribution >= 0.6 is 0 Å². The molecule has 0 fully saturated rings. The molecule has 13 heavy (non-hydrogen) atoms. The predicted octanol–water partition coefficient (Wildman–Crippen LogP) is 3.30. The van der Waals surface area contributed by atoms with Gasteiger partial charge in [0.1, 0.15) is 17.2 Å². The third-order valence-electron chi connectivity index (χ3n) is 3.18. The van der Waals surface area contributed by atoms with E-state index in [4.69, 9.17) is 0 Å². The topological polar surface area (TPSA) is 3.24 Å². The highest BCUT2D eigenvalue weighted by Crippen LogP contribution is 2.18. The van der Waals surface area contributed by atoms with Gasteiger partial charge in [-0.1, -0.05) is 46.3 Å². The van der Waals surface area contributed by atoms with E-state index in [-0.39, 0.29) is 0 Å². The van der Waals surface area contributed by atoms with E-state index < -0.39 is 17.2 Å². The summed E-state index contributed by atoms with van der Waals surface area (Å²) in [4.78, 5) is 0. The van der Waals surface area contributed by atoms with Gasteiger partial charge in [-0.05, 0) is 19.1 Å². The van der Waals surface area contributed by atoms with Crippen LogP contribution in [0.4, 0.5) is 0 Å². The molecule has 1 nitrogen and oxygen atoms in total. The van der Waals surface area contributed by atoms with Crippen LogP contribution in [-0.2, 0) is 0 Å². The van der Waals surface area contributed by atoms with Crippen molar-refractivity contribution in [2.24, 2.45) is 0 Å². The van der Waals surface area contributed by atoms with Crippen molar-refractivity contribution in [3.8, 4) is 0 Å². The molecule has 80 valence electrons. The molecule has 1 unspecified atom stereocenters. The fraction of sp³-hybridized carbons (Fsp3) is 1.00. The molecule has 3 heteroatoms. The maximum absolute atomic E-state index is 2.81. The Kier molecular flexibility index (Phi) is 6.17. The van der Waals surface area contributed by atoms with E-state index in [2.05, 4.69) is 44.8 Å². The van der Waals surface area contributed by atoms with Crippen LogP contribution in [0.25, 0.3) is 0 Å². The van der Waals surface area contributed by atoms with Gasteiger partial charge in [0.25, 0.3) is 0 Å². The molecule has 0 aromatic heterocycles. The van der Waals surface area contributed by atoms with Crippen LogP contribution in [0.1, 0.15) is 26.7 Å². The normalized spacial score (nSPS) is 15.0. The lowest BCUT2D eigenvalue weighted by molar-refractivity contribution is 0.742. The second kappa shape index (κ2) is 5.99. The summed E-state index contributed by atoms with van der Waals surface area (Å²) in [5.41, 5.74) is 0. The Bertz CT molecular complexity index is 137. The summed E-state index contributed by atoms with van der Waals surface area (Å²) in [5.74, 6) is 0. The number of nitrogens with zero attached hydrogens (tertiary/aromatic N) is 1. The summed E-state index contributed by atoms with van der Waals surface area (Å²) >= 11 is 0. The van der Waals surface area contributed by atoms with Crippen LogP contribution in [-0.4, -0.2) is 28.5 Å². The van der Waals surface area contributed by atoms with Crippen LogP contribution in [0.3, 0.4) is 0 Å². The van der Waals surface area contributed by atoms with E-state index in [1.165, 1.54) is 24.9 Å². The van der Waals surface area contributed by atoms with Crippen molar-refractivity contribution < 1.29 is 0 Å². The molecule has 0 aromatic carbocycles. The van der Waals surface area contributed by atoms with E-state index in [0.717, 1.165) is 0 Å². The van der Waals surface area contributed by atoms with Gasteiger partial charge in [-0.15, -0.1) is 0 Å². The van der Waals surface area contributed by atoms with E-state index in [0.29, 0.717) is 0 Å². The van der Waals surface area contributed by atoms with Crippen LogP contribution in [0, 0.1) is 0 Å². The number of hydrogen-bond donors (Lipinski definition) is 0. The molecule has 1 atom stereocenters. The van der Waals surface area contributed by atoms with Crippen LogP contribution in [0.5, 0.6) is 0 Å². The summed E-state index contributed by atoms with van der Waals surface area (Å²) in [5, 5.41) is 0. The Hall–Kier alpha value is 0.394. The van der Waals surface area contributed by atoms with E-state index in [9.17, 15) is 0 Å². The largest absolute Gasteiger partial charge is 0.351 e. The Balaban J connectivity index is 4.12. The zero-order chi connectivity index (χ0) is 10.5. The first-order chi connectivity index (χ1) is 5.95. The Labute approximate surface area is 87.3 Å². The van der Waals surface area contributed by atoms with E-state index >= 15 is 0 Å². The fourth-order valence-electron chi connectivity index (χ4n) is 2.00. The molecule has 0 spiro atoms. The smallest absolute Gasteiger partial charge is 0.115 e. The van der Waals surface area contributed by atoms with Crippen molar-refractivity contribution >= 4 is 17.2 Å². The second-order valence-electron chi connectivity index (χ2n) is 4.81. The molecule has 0 amide bonds. The lowest BCUT2D eigenvalue weighted by Gasteiger charge is -2.38. The van der Waals surface area contributed by atoms with Gasteiger partial charge in [0.05, 0.1) is 0 Å². The molecule has 0 radical (unpaired) electrons. The van der Waals surface area contributed by atoms with Crippen molar-refractivity contribution in [1.29, 1.82) is 0 Å². The molecule has 0 heterocycles. The maximum atomic E-state index is 2.81. The Morgan fingerprint density at radius 1 is 1.15 bits per heavy atom. The first-order valence-corrected chi connectivity index (χ1v) is 11.3. The van der Waals surface area contributed by atoms with Crippen molar-refractivity contribution in [3.63, 3.8) is 0 Å². The quantitative estimate of drug-likeness (QED) is 0.617. The molecule has 0 aromatic rings. The molecule has 0 saturated heterocycles. The van der Waals surface area contributed by atoms with Gasteiger partial charge in [0.2, 0.25) is 0 Å². The van der Waals surface area contributed by atoms with Gasteiger partial charge < -0.3 is 4.23 Å².